The number of nitrogens with zero attached hydrogens (tertiary/aromatic N) is 1. The van der Waals surface area contributed by atoms with Gasteiger partial charge in [-0.05, 0) is 41.5 Å². The molecule has 1 fully saturated rings. The zero-order chi connectivity index (χ0) is 15.6. The Bertz CT molecular complexity index is 502. The number of amides is 1. The van der Waals surface area contributed by atoms with E-state index in [0.717, 1.165) is 12.0 Å². The van der Waals surface area contributed by atoms with Crippen molar-refractivity contribution in [3.63, 3.8) is 0 Å². The Kier molecular flexibility index (Phi) is 5.04. The number of rotatable bonds is 5. The van der Waals surface area contributed by atoms with Crippen LogP contribution in [0.4, 0.5) is 0 Å². The fraction of sp³-hybridized carbons (Fsp3) is 0.611. The maximum atomic E-state index is 12.5. The third-order valence-corrected chi connectivity index (χ3v) is 4.11. The number of carbonyl (C=O) groups excluding carboxylic acids is 1. The zero-order valence-electron chi connectivity index (χ0n) is 13.8. The summed E-state index contributed by atoms with van der Waals surface area (Å²) >= 11 is 0. The van der Waals surface area contributed by atoms with E-state index in [1.807, 2.05) is 11.0 Å². The van der Waals surface area contributed by atoms with Gasteiger partial charge in [-0.3, -0.25) is 4.79 Å². The summed E-state index contributed by atoms with van der Waals surface area (Å²) < 4.78 is 5.24. The van der Waals surface area contributed by atoms with E-state index in [9.17, 15) is 4.79 Å². The zero-order valence-corrected chi connectivity index (χ0v) is 13.8. The molecule has 1 aliphatic heterocycles. The number of likely N-dealkylation sites (tertiary alicyclic amines) is 1. The fourth-order valence-electron chi connectivity index (χ4n) is 2.85. The van der Waals surface area contributed by atoms with Crippen molar-refractivity contribution in [2.75, 3.05) is 20.2 Å². The van der Waals surface area contributed by atoms with Gasteiger partial charge >= 0.3 is 0 Å². The SMILES string of the molecule is COC1CN(C(=O)c2ccc(C(C)C)c(CC(C)C)c2)C1. The predicted molar refractivity (Wildman–Crippen MR) is 85.8 cm³/mol. The first-order valence-electron chi connectivity index (χ1n) is 7.87. The molecule has 3 heteroatoms. The van der Waals surface area contributed by atoms with Gasteiger partial charge in [-0.2, -0.15) is 0 Å². The lowest BCUT2D eigenvalue weighted by Crippen LogP contribution is -2.54. The summed E-state index contributed by atoms with van der Waals surface area (Å²) in [7, 11) is 1.70. The van der Waals surface area contributed by atoms with Crippen molar-refractivity contribution in [3.05, 3.63) is 34.9 Å². The van der Waals surface area contributed by atoms with Crippen molar-refractivity contribution in [1.82, 2.24) is 4.90 Å². The molecule has 2 rings (SSSR count). The van der Waals surface area contributed by atoms with E-state index in [-0.39, 0.29) is 12.0 Å². The predicted octanol–water partition coefficient (Wildman–Crippen LogP) is 3.48. The minimum atomic E-state index is 0.128. The van der Waals surface area contributed by atoms with Gasteiger partial charge < -0.3 is 9.64 Å². The average Bonchev–Trinajstić information content (AvgIpc) is 2.36. The van der Waals surface area contributed by atoms with E-state index < -0.39 is 0 Å². The highest BCUT2D eigenvalue weighted by Gasteiger charge is 2.31. The number of hydrogen-bond donors (Lipinski definition) is 0. The van der Waals surface area contributed by atoms with Crippen LogP contribution in [-0.2, 0) is 11.2 Å². The summed E-state index contributed by atoms with van der Waals surface area (Å²) in [6, 6.07) is 6.20. The van der Waals surface area contributed by atoms with Gasteiger partial charge in [-0.15, -0.1) is 0 Å². The maximum absolute atomic E-state index is 12.5. The molecule has 0 spiro atoms. The van der Waals surface area contributed by atoms with Crippen molar-refractivity contribution in [3.8, 4) is 0 Å². The molecule has 21 heavy (non-hydrogen) atoms. The molecule has 1 amide bonds. The minimum absolute atomic E-state index is 0.128. The molecule has 1 heterocycles. The van der Waals surface area contributed by atoms with Gasteiger partial charge in [-0.25, -0.2) is 0 Å². The minimum Gasteiger partial charge on any atom is -0.378 e. The van der Waals surface area contributed by atoms with Crippen LogP contribution in [0.15, 0.2) is 18.2 Å². The van der Waals surface area contributed by atoms with Crippen molar-refractivity contribution in [2.45, 2.75) is 46.1 Å². The van der Waals surface area contributed by atoms with E-state index >= 15 is 0 Å². The maximum Gasteiger partial charge on any atom is 0.254 e. The van der Waals surface area contributed by atoms with Gasteiger partial charge in [0, 0.05) is 25.8 Å². The van der Waals surface area contributed by atoms with Crippen molar-refractivity contribution in [1.29, 1.82) is 0 Å². The first kappa shape index (κ1) is 16.0. The molecule has 1 aliphatic rings. The van der Waals surface area contributed by atoms with Gasteiger partial charge in [0.2, 0.25) is 0 Å². The summed E-state index contributed by atoms with van der Waals surface area (Å²) in [6.45, 7) is 10.3. The summed E-state index contributed by atoms with van der Waals surface area (Å²) in [6.07, 6.45) is 1.23. The molecule has 0 aliphatic carbocycles. The third-order valence-electron chi connectivity index (χ3n) is 4.11. The molecule has 116 valence electrons. The topological polar surface area (TPSA) is 29.5 Å². The first-order valence-corrected chi connectivity index (χ1v) is 7.87. The molecule has 0 bridgehead atoms. The lowest BCUT2D eigenvalue weighted by atomic mass is 9.90. The molecule has 3 nitrogen and oxygen atoms in total. The second-order valence-electron chi connectivity index (χ2n) is 6.73. The van der Waals surface area contributed by atoms with E-state index in [2.05, 4.69) is 39.8 Å². The highest BCUT2D eigenvalue weighted by Crippen LogP contribution is 2.25. The van der Waals surface area contributed by atoms with Crippen LogP contribution in [0.3, 0.4) is 0 Å². The quantitative estimate of drug-likeness (QED) is 0.830. The Morgan fingerprint density at radius 2 is 1.95 bits per heavy atom. The van der Waals surface area contributed by atoms with Crippen LogP contribution in [0.1, 0.15) is 55.1 Å². The molecule has 0 atom stereocenters. The number of hydrogen-bond acceptors (Lipinski definition) is 2. The molecular weight excluding hydrogens is 262 g/mol. The normalized spacial score (nSPS) is 15.7. The monoisotopic (exact) mass is 289 g/mol. The van der Waals surface area contributed by atoms with Gasteiger partial charge in [0.1, 0.15) is 0 Å². The van der Waals surface area contributed by atoms with E-state index in [1.54, 1.807) is 7.11 Å². The summed E-state index contributed by atoms with van der Waals surface area (Å²) in [5.74, 6) is 1.21. The molecule has 0 unspecified atom stereocenters. The van der Waals surface area contributed by atoms with Gasteiger partial charge in [0.15, 0.2) is 0 Å². The lowest BCUT2D eigenvalue weighted by molar-refractivity contribution is -0.0192. The van der Waals surface area contributed by atoms with Crippen LogP contribution in [0, 0.1) is 5.92 Å². The van der Waals surface area contributed by atoms with E-state index in [0.29, 0.717) is 24.9 Å². The number of ether oxygens (including phenoxy) is 1. The van der Waals surface area contributed by atoms with Crippen LogP contribution in [0.5, 0.6) is 0 Å². The number of benzene rings is 1. The second-order valence-corrected chi connectivity index (χ2v) is 6.73. The molecule has 0 saturated carbocycles. The van der Waals surface area contributed by atoms with Gasteiger partial charge in [0.05, 0.1) is 6.10 Å². The Morgan fingerprint density at radius 3 is 2.48 bits per heavy atom. The smallest absolute Gasteiger partial charge is 0.254 e. The molecule has 1 aromatic carbocycles. The largest absolute Gasteiger partial charge is 0.378 e. The van der Waals surface area contributed by atoms with Gasteiger partial charge in [0.25, 0.3) is 5.91 Å². The molecule has 1 aromatic rings. The Morgan fingerprint density at radius 1 is 1.29 bits per heavy atom. The Balaban J connectivity index is 2.19. The highest BCUT2D eigenvalue weighted by molar-refractivity contribution is 5.95. The Labute approximate surface area is 128 Å². The second kappa shape index (κ2) is 6.61. The standard InChI is InChI=1S/C18H27NO2/c1-12(2)8-15-9-14(6-7-17(15)13(3)4)18(20)19-10-16(11-19)21-5/h6-7,9,12-13,16H,8,10-11H2,1-5H3. The fourth-order valence-corrected chi connectivity index (χ4v) is 2.85. The third kappa shape index (κ3) is 3.65. The molecular formula is C18H27NO2. The molecule has 0 aromatic heterocycles. The molecule has 0 N–H and O–H groups in total. The summed E-state index contributed by atoms with van der Waals surface area (Å²) in [4.78, 5) is 14.3. The van der Waals surface area contributed by atoms with E-state index in [4.69, 9.17) is 4.74 Å². The van der Waals surface area contributed by atoms with Gasteiger partial charge in [-0.1, -0.05) is 33.8 Å². The van der Waals surface area contributed by atoms with Crippen LogP contribution in [0.2, 0.25) is 0 Å². The van der Waals surface area contributed by atoms with Crippen LogP contribution in [-0.4, -0.2) is 37.1 Å². The Hall–Kier alpha value is -1.35. The molecule has 1 saturated heterocycles. The molecule has 0 radical (unpaired) electrons. The van der Waals surface area contributed by atoms with Crippen molar-refractivity contribution < 1.29 is 9.53 Å². The van der Waals surface area contributed by atoms with Crippen LogP contribution in [0.25, 0.3) is 0 Å². The van der Waals surface area contributed by atoms with Crippen LogP contribution >= 0.6 is 0 Å². The van der Waals surface area contributed by atoms with Crippen LogP contribution < -0.4 is 0 Å². The van der Waals surface area contributed by atoms with Crippen molar-refractivity contribution >= 4 is 5.91 Å². The lowest BCUT2D eigenvalue weighted by Gasteiger charge is -2.38. The number of methoxy groups -OCH3 is 1. The average molecular weight is 289 g/mol. The van der Waals surface area contributed by atoms with Crippen molar-refractivity contribution in [2.24, 2.45) is 5.92 Å². The number of carbonyl (C=O) groups is 1. The first-order chi connectivity index (χ1) is 9.92. The van der Waals surface area contributed by atoms with E-state index in [1.165, 1.54) is 11.1 Å². The summed E-state index contributed by atoms with van der Waals surface area (Å²) in [5.41, 5.74) is 3.48. The highest BCUT2D eigenvalue weighted by atomic mass is 16.5. The summed E-state index contributed by atoms with van der Waals surface area (Å²) in [5, 5.41) is 0.